The molecule has 1 aromatic carbocycles. The van der Waals surface area contributed by atoms with Gasteiger partial charge in [0.05, 0.1) is 6.07 Å². The Hall–Kier alpha value is -1.67. The van der Waals surface area contributed by atoms with E-state index in [2.05, 4.69) is 38.2 Å². The summed E-state index contributed by atoms with van der Waals surface area (Å²) in [5.41, 5.74) is 2.54. The Balaban J connectivity index is 1.47. The van der Waals surface area contributed by atoms with Gasteiger partial charge in [0.2, 0.25) is 11.7 Å². The first-order valence-corrected chi connectivity index (χ1v) is 8.38. The van der Waals surface area contributed by atoms with Crippen molar-refractivity contribution in [3.8, 4) is 17.5 Å². The molecule has 0 aliphatic heterocycles. The van der Waals surface area contributed by atoms with Crippen molar-refractivity contribution in [2.45, 2.75) is 38.5 Å². The molecule has 0 unspecified atom stereocenters. The standard InChI is InChI=1S/C17H16BrN3O/c1-10-4-12(2-3-14(10)18)15-20-16(22-21-15)13-7-17(8-13)5-11(6-17)9-19/h2-4,11,13H,5-8H2,1H3. The van der Waals surface area contributed by atoms with Gasteiger partial charge in [-0.2, -0.15) is 10.2 Å². The zero-order valence-electron chi connectivity index (χ0n) is 12.3. The number of nitriles is 1. The fourth-order valence-corrected chi connectivity index (χ4v) is 4.12. The van der Waals surface area contributed by atoms with Gasteiger partial charge in [-0.15, -0.1) is 0 Å². The molecule has 0 radical (unpaired) electrons. The molecule has 2 aliphatic carbocycles. The number of hydrogen-bond donors (Lipinski definition) is 0. The molecule has 112 valence electrons. The third-order valence-corrected chi connectivity index (χ3v) is 6.00. The summed E-state index contributed by atoms with van der Waals surface area (Å²) in [4.78, 5) is 4.58. The number of benzene rings is 1. The zero-order valence-corrected chi connectivity index (χ0v) is 13.9. The van der Waals surface area contributed by atoms with Crippen LogP contribution in [0.4, 0.5) is 0 Å². The molecule has 0 N–H and O–H groups in total. The second-order valence-electron chi connectivity index (χ2n) is 6.76. The molecule has 5 heteroatoms. The first kappa shape index (κ1) is 14.0. The Morgan fingerprint density at radius 3 is 2.77 bits per heavy atom. The van der Waals surface area contributed by atoms with Crippen LogP contribution in [0.5, 0.6) is 0 Å². The molecule has 0 saturated heterocycles. The van der Waals surface area contributed by atoms with Gasteiger partial charge in [0.25, 0.3) is 0 Å². The van der Waals surface area contributed by atoms with Crippen molar-refractivity contribution >= 4 is 15.9 Å². The van der Waals surface area contributed by atoms with Gasteiger partial charge in [0.15, 0.2) is 0 Å². The molecule has 0 amide bonds. The van der Waals surface area contributed by atoms with E-state index in [1.54, 1.807) is 0 Å². The van der Waals surface area contributed by atoms with Crippen LogP contribution in [0.1, 0.15) is 43.1 Å². The molecule has 2 aliphatic rings. The fraction of sp³-hybridized carbons (Fsp3) is 0.471. The van der Waals surface area contributed by atoms with Crippen molar-refractivity contribution in [2.75, 3.05) is 0 Å². The lowest BCUT2D eigenvalue weighted by molar-refractivity contribution is -0.0291. The minimum Gasteiger partial charge on any atom is -0.339 e. The highest BCUT2D eigenvalue weighted by atomic mass is 79.9. The Bertz CT molecular complexity index is 762. The average molecular weight is 358 g/mol. The summed E-state index contributed by atoms with van der Waals surface area (Å²) < 4.78 is 6.55. The van der Waals surface area contributed by atoms with Crippen molar-refractivity contribution in [2.24, 2.45) is 11.3 Å². The topological polar surface area (TPSA) is 62.7 Å². The Morgan fingerprint density at radius 1 is 1.32 bits per heavy atom. The molecule has 1 heterocycles. The average Bonchev–Trinajstić information content (AvgIpc) is 2.89. The second-order valence-corrected chi connectivity index (χ2v) is 7.61. The lowest BCUT2D eigenvalue weighted by Crippen LogP contribution is -2.46. The number of halogens is 1. The largest absolute Gasteiger partial charge is 0.339 e. The lowest BCUT2D eigenvalue weighted by atomic mass is 9.48. The van der Waals surface area contributed by atoms with Crippen LogP contribution in [0.3, 0.4) is 0 Å². The van der Waals surface area contributed by atoms with E-state index in [1.165, 1.54) is 0 Å². The molecule has 0 atom stereocenters. The lowest BCUT2D eigenvalue weighted by Gasteiger charge is -2.55. The molecule has 4 rings (SSSR count). The number of rotatable bonds is 2. The van der Waals surface area contributed by atoms with Gasteiger partial charge in [-0.1, -0.05) is 21.1 Å². The summed E-state index contributed by atoms with van der Waals surface area (Å²) >= 11 is 3.50. The highest BCUT2D eigenvalue weighted by Gasteiger charge is 2.54. The first-order valence-electron chi connectivity index (χ1n) is 7.58. The molecule has 2 saturated carbocycles. The van der Waals surface area contributed by atoms with Gasteiger partial charge in [-0.25, -0.2) is 0 Å². The van der Waals surface area contributed by atoms with E-state index in [1.807, 2.05) is 19.1 Å². The van der Waals surface area contributed by atoms with Crippen LogP contribution in [-0.2, 0) is 0 Å². The third kappa shape index (κ3) is 2.17. The van der Waals surface area contributed by atoms with Crippen LogP contribution in [0, 0.1) is 29.6 Å². The van der Waals surface area contributed by atoms with Crippen molar-refractivity contribution in [3.05, 3.63) is 34.1 Å². The van der Waals surface area contributed by atoms with E-state index in [-0.39, 0.29) is 5.92 Å². The highest BCUT2D eigenvalue weighted by Crippen LogP contribution is 2.63. The maximum absolute atomic E-state index is 8.90. The minimum absolute atomic E-state index is 0.268. The highest BCUT2D eigenvalue weighted by molar-refractivity contribution is 9.10. The van der Waals surface area contributed by atoms with Crippen LogP contribution < -0.4 is 0 Å². The summed E-state index contributed by atoms with van der Waals surface area (Å²) in [7, 11) is 0. The molecular weight excluding hydrogens is 342 g/mol. The molecule has 22 heavy (non-hydrogen) atoms. The number of aryl methyl sites for hydroxylation is 1. The van der Waals surface area contributed by atoms with E-state index >= 15 is 0 Å². The van der Waals surface area contributed by atoms with E-state index in [9.17, 15) is 0 Å². The van der Waals surface area contributed by atoms with Crippen LogP contribution in [0.2, 0.25) is 0 Å². The molecule has 0 bridgehead atoms. The summed E-state index contributed by atoms with van der Waals surface area (Å²) in [6.45, 7) is 2.05. The maximum atomic E-state index is 8.90. The molecule has 1 spiro atoms. The Labute approximate surface area is 137 Å². The van der Waals surface area contributed by atoms with Gasteiger partial charge in [0, 0.05) is 21.9 Å². The van der Waals surface area contributed by atoms with Gasteiger partial charge in [-0.05, 0) is 61.8 Å². The van der Waals surface area contributed by atoms with Crippen molar-refractivity contribution in [1.29, 1.82) is 5.26 Å². The Morgan fingerprint density at radius 2 is 2.09 bits per heavy atom. The Kier molecular flexibility index (Phi) is 3.12. The smallest absolute Gasteiger partial charge is 0.230 e. The summed E-state index contributed by atoms with van der Waals surface area (Å²) in [5, 5.41) is 13.0. The van der Waals surface area contributed by atoms with Crippen molar-refractivity contribution in [3.63, 3.8) is 0 Å². The molecular formula is C17H16BrN3O. The molecule has 1 aromatic heterocycles. The third-order valence-electron chi connectivity index (χ3n) is 5.11. The van der Waals surface area contributed by atoms with Crippen LogP contribution in [0.15, 0.2) is 27.2 Å². The minimum atomic E-state index is 0.268. The van der Waals surface area contributed by atoms with E-state index in [4.69, 9.17) is 9.78 Å². The summed E-state index contributed by atoms with van der Waals surface area (Å²) in [6.07, 6.45) is 4.28. The predicted molar refractivity (Wildman–Crippen MR) is 84.9 cm³/mol. The predicted octanol–water partition coefficient (Wildman–Crippen LogP) is 4.60. The van der Waals surface area contributed by atoms with Gasteiger partial charge >= 0.3 is 0 Å². The van der Waals surface area contributed by atoms with Crippen molar-refractivity contribution < 1.29 is 4.52 Å². The van der Waals surface area contributed by atoms with E-state index < -0.39 is 0 Å². The van der Waals surface area contributed by atoms with E-state index in [0.717, 1.165) is 47.2 Å². The normalized spacial score (nSPS) is 29.7. The first-order chi connectivity index (χ1) is 10.6. The second kappa shape index (κ2) is 4.92. The summed E-state index contributed by atoms with van der Waals surface area (Å²) in [5.74, 6) is 2.05. The maximum Gasteiger partial charge on any atom is 0.230 e. The van der Waals surface area contributed by atoms with Crippen LogP contribution in [-0.4, -0.2) is 10.1 Å². The number of aromatic nitrogens is 2. The van der Waals surface area contributed by atoms with Gasteiger partial charge < -0.3 is 4.52 Å². The van der Waals surface area contributed by atoms with Crippen LogP contribution >= 0.6 is 15.9 Å². The molecule has 2 fully saturated rings. The SMILES string of the molecule is Cc1cc(-c2noc(C3CC4(CC(C#N)C4)C3)n2)ccc1Br. The zero-order chi connectivity index (χ0) is 15.3. The van der Waals surface area contributed by atoms with Crippen LogP contribution in [0.25, 0.3) is 11.4 Å². The fourth-order valence-electron chi connectivity index (χ4n) is 3.87. The van der Waals surface area contributed by atoms with Gasteiger partial charge in [0.1, 0.15) is 0 Å². The van der Waals surface area contributed by atoms with Crippen molar-refractivity contribution in [1.82, 2.24) is 10.1 Å². The molecule has 2 aromatic rings. The monoisotopic (exact) mass is 357 g/mol. The molecule has 4 nitrogen and oxygen atoms in total. The van der Waals surface area contributed by atoms with E-state index in [0.29, 0.717) is 17.2 Å². The number of nitrogens with zero attached hydrogens (tertiary/aromatic N) is 3. The quantitative estimate of drug-likeness (QED) is 0.787. The summed E-state index contributed by atoms with van der Waals surface area (Å²) in [6, 6.07) is 8.43. The van der Waals surface area contributed by atoms with Gasteiger partial charge in [-0.3, -0.25) is 0 Å². The number of hydrogen-bond acceptors (Lipinski definition) is 4.